The van der Waals surface area contributed by atoms with Gasteiger partial charge in [0.2, 0.25) is 15.9 Å². The summed E-state index contributed by atoms with van der Waals surface area (Å²) in [6.45, 7) is 11.1. The van der Waals surface area contributed by atoms with E-state index < -0.39 is 10.0 Å². The number of benzene rings is 1. The minimum atomic E-state index is -3.40. The smallest absolute Gasteiger partial charge is 0.219 e. The number of rotatable bonds is 7. The molecule has 0 unspecified atom stereocenters. The number of halogens is 1. The number of guanidine groups is 1. The zero-order chi connectivity index (χ0) is 21.4. The minimum absolute atomic E-state index is 0. The summed E-state index contributed by atoms with van der Waals surface area (Å²) < 4.78 is 27.3. The summed E-state index contributed by atoms with van der Waals surface area (Å²) in [6, 6.07) is 7.36. The number of aliphatic imine (C=N–C) groups is 1. The van der Waals surface area contributed by atoms with Gasteiger partial charge in [-0.05, 0) is 31.9 Å². The fourth-order valence-electron chi connectivity index (χ4n) is 3.28. The Bertz CT molecular complexity index is 821. The van der Waals surface area contributed by atoms with Gasteiger partial charge in [0.05, 0.1) is 12.3 Å². The molecule has 8 nitrogen and oxygen atoms in total. The van der Waals surface area contributed by atoms with Gasteiger partial charge in [0.25, 0.3) is 0 Å². The number of sulfonamides is 1. The molecule has 0 aliphatic carbocycles. The largest absolute Gasteiger partial charge is 0.357 e. The van der Waals surface area contributed by atoms with Gasteiger partial charge >= 0.3 is 0 Å². The molecule has 1 aromatic carbocycles. The predicted octanol–water partition coefficient (Wildman–Crippen LogP) is 1.76. The van der Waals surface area contributed by atoms with E-state index in [4.69, 9.17) is 4.99 Å². The van der Waals surface area contributed by atoms with Crippen LogP contribution in [0.4, 0.5) is 0 Å². The van der Waals surface area contributed by atoms with Crippen molar-refractivity contribution in [1.82, 2.24) is 19.8 Å². The van der Waals surface area contributed by atoms with Crippen LogP contribution in [0.5, 0.6) is 0 Å². The van der Waals surface area contributed by atoms with Gasteiger partial charge in [-0.15, -0.1) is 24.0 Å². The Kier molecular flexibility index (Phi) is 11.1. The highest BCUT2D eigenvalue weighted by atomic mass is 127. The Balaban J connectivity index is 0.00000450. The maximum absolute atomic E-state index is 12.3. The molecular weight excluding hydrogens is 517 g/mol. The summed E-state index contributed by atoms with van der Waals surface area (Å²) in [4.78, 5) is 20.3. The average Bonchev–Trinajstić information content (AvgIpc) is 2.65. The van der Waals surface area contributed by atoms with E-state index >= 15 is 0 Å². The van der Waals surface area contributed by atoms with Crippen LogP contribution in [0.25, 0.3) is 0 Å². The maximum atomic E-state index is 12.3. The van der Waals surface area contributed by atoms with E-state index in [2.05, 4.69) is 14.9 Å². The number of carbonyl (C=O) groups excluding carboxylic acids is 1. The Morgan fingerprint density at radius 1 is 1.10 bits per heavy atom. The number of carbonyl (C=O) groups is 1. The number of amides is 1. The molecule has 1 fully saturated rings. The van der Waals surface area contributed by atoms with Crippen molar-refractivity contribution in [2.24, 2.45) is 4.99 Å². The molecule has 0 saturated carbocycles. The number of nitrogens with one attached hydrogen (secondary N) is 2. The van der Waals surface area contributed by atoms with Crippen LogP contribution in [0.2, 0.25) is 0 Å². The normalized spacial score (nSPS) is 15.2. The Morgan fingerprint density at radius 3 is 2.20 bits per heavy atom. The molecule has 170 valence electrons. The molecule has 1 saturated heterocycles. The highest BCUT2D eigenvalue weighted by molar-refractivity contribution is 14.0. The topological polar surface area (TPSA) is 94.1 Å². The Morgan fingerprint density at radius 2 is 1.67 bits per heavy atom. The highest BCUT2D eigenvalue weighted by Crippen LogP contribution is 2.14. The van der Waals surface area contributed by atoms with Crippen LogP contribution in [0.15, 0.2) is 29.3 Å². The van der Waals surface area contributed by atoms with E-state index in [1.807, 2.05) is 49.9 Å². The predicted molar refractivity (Wildman–Crippen MR) is 131 cm³/mol. The lowest BCUT2D eigenvalue weighted by atomic mass is 10.1. The molecule has 1 amide bonds. The van der Waals surface area contributed by atoms with Crippen molar-refractivity contribution in [2.45, 2.75) is 46.0 Å². The van der Waals surface area contributed by atoms with Gasteiger partial charge in [0.1, 0.15) is 0 Å². The van der Waals surface area contributed by atoms with Crippen LogP contribution in [-0.4, -0.2) is 68.8 Å². The third-order valence-corrected chi connectivity index (χ3v) is 6.16. The first kappa shape index (κ1) is 26.6. The van der Waals surface area contributed by atoms with Crippen LogP contribution >= 0.6 is 24.0 Å². The molecule has 0 aromatic heterocycles. The average molecular weight is 551 g/mol. The van der Waals surface area contributed by atoms with Crippen molar-refractivity contribution >= 4 is 45.9 Å². The number of piperazine rings is 1. The monoisotopic (exact) mass is 551 g/mol. The van der Waals surface area contributed by atoms with Crippen molar-refractivity contribution in [2.75, 3.05) is 32.7 Å². The van der Waals surface area contributed by atoms with Crippen molar-refractivity contribution < 1.29 is 13.2 Å². The van der Waals surface area contributed by atoms with Gasteiger partial charge in [-0.2, -0.15) is 0 Å². The highest BCUT2D eigenvalue weighted by Gasteiger charge is 2.21. The van der Waals surface area contributed by atoms with Gasteiger partial charge in [0, 0.05) is 45.7 Å². The summed E-state index contributed by atoms with van der Waals surface area (Å²) >= 11 is 0. The van der Waals surface area contributed by atoms with Crippen LogP contribution in [0.3, 0.4) is 0 Å². The molecule has 0 atom stereocenters. The number of nitrogens with zero attached hydrogens (tertiary/aromatic N) is 3. The second-order valence-corrected chi connectivity index (χ2v) is 9.22. The summed E-state index contributed by atoms with van der Waals surface area (Å²) in [7, 11) is -3.40. The van der Waals surface area contributed by atoms with E-state index in [0.29, 0.717) is 19.6 Å². The van der Waals surface area contributed by atoms with E-state index in [0.717, 1.165) is 36.7 Å². The van der Waals surface area contributed by atoms with Crippen molar-refractivity contribution in [3.05, 3.63) is 35.4 Å². The molecule has 0 radical (unpaired) electrons. The lowest BCUT2D eigenvalue weighted by molar-refractivity contribution is -0.130. The minimum Gasteiger partial charge on any atom is -0.357 e. The van der Waals surface area contributed by atoms with Crippen molar-refractivity contribution in [1.29, 1.82) is 0 Å². The molecule has 0 spiro atoms. The number of hydrogen-bond acceptors (Lipinski definition) is 4. The van der Waals surface area contributed by atoms with E-state index in [9.17, 15) is 13.2 Å². The van der Waals surface area contributed by atoms with Crippen molar-refractivity contribution in [3.63, 3.8) is 0 Å². The first-order valence-electron chi connectivity index (χ1n) is 10.1. The van der Waals surface area contributed by atoms with E-state index in [1.165, 1.54) is 0 Å². The summed E-state index contributed by atoms with van der Waals surface area (Å²) in [5.74, 6) is 0.815. The molecule has 2 N–H and O–H groups in total. The van der Waals surface area contributed by atoms with E-state index in [-0.39, 0.29) is 41.7 Å². The molecular formula is C20H34IN5O3S. The SMILES string of the molecule is CCNC(=NCc1ccccc1CS(=O)(=O)NC(C)C)N1CCN(C(C)=O)CC1.I. The zero-order valence-corrected chi connectivity index (χ0v) is 21.4. The first-order chi connectivity index (χ1) is 13.7. The maximum Gasteiger partial charge on any atom is 0.219 e. The fourth-order valence-corrected chi connectivity index (χ4v) is 4.77. The van der Waals surface area contributed by atoms with Crippen LogP contribution in [-0.2, 0) is 27.1 Å². The quantitative estimate of drug-likeness (QED) is 0.306. The van der Waals surface area contributed by atoms with Gasteiger partial charge in [-0.25, -0.2) is 18.1 Å². The van der Waals surface area contributed by atoms with Gasteiger partial charge < -0.3 is 15.1 Å². The molecule has 1 heterocycles. The molecule has 1 aliphatic rings. The molecule has 1 aromatic rings. The number of hydrogen-bond donors (Lipinski definition) is 2. The second kappa shape index (κ2) is 12.5. The Labute approximate surface area is 197 Å². The van der Waals surface area contributed by atoms with Crippen LogP contribution in [0, 0.1) is 0 Å². The second-order valence-electron chi connectivity index (χ2n) is 7.46. The van der Waals surface area contributed by atoms with Gasteiger partial charge in [-0.3, -0.25) is 4.79 Å². The summed E-state index contributed by atoms with van der Waals surface area (Å²) in [5, 5.41) is 3.30. The van der Waals surface area contributed by atoms with Gasteiger partial charge in [0.15, 0.2) is 5.96 Å². The van der Waals surface area contributed by atoms with Crippen LogP contribution < -0.4 is 10.0 Å². The van der Waals surface area contributed by atoms with Crippen LogP contribution in [0.1, 0.15) is 38.8 Å². The van der Waals surface area contributed by atoms with Crippen molar-refractivity contribution in [3.8, 4) is 0 Å². The summed E-state index contributed by atoms with van der Waals surface area (Å²) in [5.41, 5.74) is 1.64. The zero-order valence-electron chi connectivity index (χ0n) is 18.2. The van der Waals surface area contributed by atoms with E-state index in [1.54, 1.807) is 6.92 Å². The Hall–Kier alpha value is -1.40. The third kappa shape index (κ3) is 8.38. The standard InChI is InChI=1S/C20H33N5O3S.HI/c1-5-21-20(25-12-10-24(11-13-25)17(4)26)22-14-18-8-6-7-9-19(18)15-29(27,28)23-16(2)3;/h6-9,16,23H,5,10-15H2,1-4H3,(H,21,22);1H. The molecule has 0 bridgehead atoms. The van der Waals surface area contributed by atoms with Gasteiger partial charge in [-0.1, -0.05) is 24.3 Å². The molecule has 10 heteroatoms. The summed E-state index contributed by atoms with van der Waals surface area (Å²) in [6.07, 6.45) is 0. The molecule has 2 rings (SSSR count). The fraction of sp³-hybridized carbons (Fsp3) is 0.600. The first-order valence-corrected chi connectivity index (χ1v) is 11.7. The lowest BCUT2D eigenvalue weighted by Crippen LogP contribution is -2.53. The lowest BCUT2D eigenvalue weighted by Gasteiger charge is -2.36. The third-order valence-electron chi connectivity index (χ3n) is 4.64. The molecule has 1 aliphatic heterocycles. The molecule has 30 heavy (non-hydrogen) atoms.